The number of aromatic hydroxyl groups is 1. The zero-order valence-electron chi connectivity index (χ0n) is 22.2. The molecule has 0 unspecified atom stereocenters. The first kappa shape index (κ1) is 27.4. The number of hydrogen-bond acceptors (Lipinski definition) is 5. The summed E-state index contributed by atoms with van der Waals surface area (Å²) in [5, 5.41) is 11.9. The van der Waals surface area contributed by atoms with Crippen LogP contribution < -0.4 is 0 Å². The standard InChI is InChI=1S/C31H29BrCl2N2O5/c32-15-35-28(40)30(33)14-22-20(10-11-21-24(22)27(39)36(26(21)38)16-6-2-1-3-7-16)25(31(30,34)29(35)41)19-12-13-23(37)18-9-5-4-8-17(18)19/h4-5,8-10,12-13,16,21-22,24-25,37H,1-3,6-7,11,14-15H2/t21-,22+,24-,25-,30+,31-/m0/s1. The number of carbonyl (C=O) groups excluding carboxylic acids is 4. The fraction of sp³-hybridized carbons (Fsp3) is 0.484. The quantitative estimate of drug-likeness (QED) is 0.201. The Labute approximate surface area is 255 Å². The number of carbonyl (C=O) groups is 4. The average Bonchev–Trinajstić information content (AvgIpc) is 3.32. The molecule has 0 radical (unpaired) electrons. The van der Waals surface area contributed by atoms with Gasteiger partial charge in [0.2, 0.25) is 11.8 Å². The molecule has 2 saturated heterocycles. The summed E-state index contributed by atoms with van der Waals surface area (Å²) in [7, 11) is 0. The molecular weight excluding hydrogens is 631 g/mol. The number of rotatable bonds is 3. The van der Waals surface area contributed by atoms with E-state index in [1.165, 1.54) is 4.90 Å². The molecule has 10 heteroatoms. The molecule has 5 aliphatic rings. The molecule has 2 aromatic carbocycles. The van der Waals surface area contributed by atoms with Gasteiger partial charge in [-0.25, -0.2) is 0 Å². The van der Waals surface area contributed by atoms with Crippen molar-refractivity contribution in [1.29, 1.82) is 0 Å². The second kappa shape index (κ2) is 9.55. The highest BCUT2D eigenvalue weighted by Crippen LogP contribution is 2.66. The van der Waals surface area contributed by atoms with E-state index in [-0.39, 0.29) is 35.5 Å². The molecule has 2 aliphatic heterocycles. The summed E-state index contributed by atoms with van der Waals surface area (Å²) in [6.07, 6.45) is 6.97. The highest BCUT2D eigenvalue weighted by molar-refractivity contribution is 9.09. The number of halogens is 3. The number of amides is 4. The lowest BCUT2D eigenvalue weighted by molar-refractivity contribution is -0.144. The number of phenols is 1. The highest BCUT2D eigenvalue weighted by Gasteiger charge is 2.76. The summed E-state index contributed by atoms with van der Waals surface area (Å²) in [6.45, 7) is 0. The molecule has 4 amide bonds. The maximum atomic E-state index is 14.1. The van der Waals surface area contributed by atoms with Gasteiger partial charge >= 0.3 is 0 Å². The van der Waals surface area contributed by atoms with Crippen LogP contribution in [-0.2, 0) is 19.2 Å². The first-order chi connectivity index (χ1) is 19.6. The third-order valence-corrected chi connectivity index (χ3v) is 12.1. The fourth-order valence-electron chi connectivity index (χ4n) is 8.38. The molecule has 1 N–H and O–H groups in total. The van der Waals surface area contributed by atoms with Gasteiger partial charge in [0.1, 0.15) is 5.75 Å². The Morgan fingerprint density at radius 3 is 2.32 bits per heavy atom. The Morgan fingerprint density at radius 1 is 0.902 bits per heavy atom. The van der Waals surface area contributed by atoms with E-state index in [2.05, 4.69) is 15.9 Å². The molecule has 2 saturated carbocycles. The lowest BCUT2D eigenvalue weighted by atomic mass is 9.56. The molecule has 3 aliphatic carbocycles. The van der Waals surface area contributed by atoms with E-state index < -0.39 is 45.2 Å². The van der Waals surface area contributed by atoms with Gasteiger partial charge in [-0.1, -0.05) is 77.2 Å². The highest BCUT2D eigenvalue weighted by atomic mass is 79.9. The molecule has 41 heavy (non-hydrogen) atoms. The van der Waals surface area contributed by atoms with Crippen molar-refractivity contribution < 1.29 is 24.3 Å². The topological polar surface area (TPSA) is 95.0 Å². The SMILES string of the molecule is O=C1[C@H]2[C@H](CC=C3[C@H]2C[C@@]2(Cl)C(=O)N(CBr)C(=O)[C@@]2(Cl)[C@H]3c2ccc(O)c3ccccc23)C(=O)N1C1CCCCC1. The second-order valence-electron chi connectivity index (χ2n) is 12.0. The minimum atomic E-state index is -1.87. The van der Waals surface area contributed by atoms with Crippen molar-refractivity contribution in [3.8, 4) is 5.75 Å². The van der Waals surface area contributed by atoms with E-state index >= 15 is 0 Å². The van der Waals surface area contributed by atoms with Crippen molar-refractivity contribution in [1.82, 2.24) is 9.80 Å². The van der Waals surface area contributed by atoms with Gasteiger partial charge in [0.05, 0.1) is 17.3 Å². The Bertz CT molecular complexity index is 1560. The number of allylic oxidation sites excluding steroid dienone is 2. The van der Waals surface area contributed by atoms with Gasteiger partial charge in [-0.05, 0) is 48.6 Å². The van der Waals surface area contributed by atoms with E-state index in [1.807, 2.05) is 24.3 Å². The monoisotopic (exact) mass is 658 g/mol. The van der Waals surface area contributed by atoms with E-state index in [4.69, 9.17) is 23.2 Å². The van der Waals surface area contributed by atoms with Crippen molar-refractivity contribution in [2.24, 2.45) is 17.8 Å². The Balaban J connectivity index is 1.42. The van der Waals surface area contributed by atoms with Gasteiger partial charge in [0, 0.05) is 17.3 Å². The number of alkyl halides is 3. The van der Waals surface area contributed by atoms with E-state index in [1.54, 1.807) is 18.2 Å². The molecule has 7 nitrogen and oxygen atoms in total. The van der Waals surface area contributed by atoms with Gasteiger partial charge in [0.25, 0.3) is 11.8 Å². The summed E-state index contributed by atoms with van der Waals surface area (Å²) < 4.78 is 0. The zero-order valence-corrected chi connectivity index (χ0v) is 25.3. The second-order valence-corrected chi connectivity index (χ2v) is 13.8. The number of fused-ring (bicyclic) bond motifs is 5. The lowest BCUT2D eigenvalue weighted by Gasteiger charge is -2.51. The van der Waals surface area contributed by atoms with Crippen LogP contribution in [0.4, 0.5) is 0 Å². The third kappa shape index (κ3) is 3.50. The van der Waals surface area contributed by atoms with Crippen molar-refractivity contribution in [2.75, 3.05) is 5.45 Å². The van der Waals surface area contributed by atoms with Crippen LogP contribution in [0.3, 0.4) is 0 Å². The molecule has 4 fully saturated rings. The molecule has 0 aromatic heterocycles. The zero-order chi connectivity index (χ0) is 28.8. The first-order valence-electron chi connectivity index (χ1n) is 14.2. The Morgan fingerprint density at radius 2 is 1.61 bits per heavy atom. The van der Waals surface area contributed by atoms with Crippen LogP contribution in [0.5, 0.6) is 5.75 Å². The van der Waals surface area contributed by atoms with Crippen LogP contribution in [-0.4, -0.2) is 59.8 Å². The third-order valence-electron chi connectivity index (χ3n) is 10.2. The molecule has 0 bridgehead atoms. The van der Waals surface area contributed by atoms with Crippen molar-refractivity contribution in [3.63, 3.8) is 0 Å². The minimum absolute atomic E-state index is 0.0246. The molecule has 2 aromatic rings. The average molecular weight is 660 g/mol. The van der Waals surface area contributed by atoms with Crippen LogP contribution in [0, 0.1) is 17.8 Å². The van der Waals surface area contributed by atoms with Gasteiger partial charge in [0.15, 0.2) is 9.75 Å². The van der Waals surface area contributed by atoms with Gasteiger partial charge in [-0.15, -0.1) is 23.2 Å². The normalized spacial score (nSPS) is 35.5. The summed E-state index contributed by atoms with van der Waals surface area (Å²) in [4.78, 5) is 54.6. The predicted octanol–water partition coefficient (Wildman–Crippen LogP) is 5.59. The van der Waals surface area contributed by atoms with Crippen LogP contribution in [0.15, 0.2) is 48.0 Å². The summed E-state index contributed by atoms with van der Waals surface area (Å²) in [6, 6.07) is 10.4. The van der Waals surface area contributed by atoms with Crippen molar-refractivity contribution >= 4 is 73.5 Å². The minimum Gasteiger partial charge on any atom is -0.507 e. The van der Waals surface area contributed by atoms with E-state index in [9.17, 15) is 24.3 Å². The molecule has 214 valence electrons. The molecule has 2 heterocycles. The maximum absolute atomic E-state index is 14.1. The summed E-state index contributed by atoms with van der Waals surface area (Å²) >= 11 is 18.0. The smallest absolute Gasteiger partial charge is 0.254 e. The van der Waals surface area contributed by atoms with Crippen molar-refractivity contribution in [2.45, 2.75) is 66.7 Å². The fourth-order valence-corrected chi connectivity index (χ4v) is 9.80. The Hall–Kier alpha value is -2.42. The lowest BCUT2D eigenvalue weighted by Crippen LogP contribution is -2.60. The van der Waals surface area contributed by atoms with Gasteiger partial charge < -0.3 is 5.11 Å². The number of nitrogens with zero attached hydrogens (tertiary/aromatic N) is 2. The number of imide groups is 2. The molecule has 0 spiro atoms. The van der Waals surface area contributed by atoms with Crippen LogP contribution in [0.25, 0.3) is 10.8 Å². The summed E-state index contributed by atoms with van der Waals surface area (Å²) in [5.74, 6) is -4.09. The number of benzene rings is 2. The number of likely N-dealkylation sites (tertiary alicyclic amines) is 2. The predicted molar refractivity (Wildman–Crippen MR) is 158 cm³/mol. The molecule has 7 rings (SSSR count). The van der Waals surface area contributed by atoms with E-state index in [0.717, 1.165) is 42.6 Å². The molecular formula is C31H29BrCl2N2O5. The largest absolute Gasteiger partial charge is 0.507 e. The molecule has 6 atom stereocenters. The van der Waals surface area contributed by atoms with E-state index in [0.29, 0.717) is 22.8 Å². The Kier molecular flexibility index (Phi) is 6.38. The van der Waals surface area contributed by atoms with Crippen LogP contribution in [0.2, 0.25) is 0 Å². The van der Waals surface area contributed by atoms with Gasteiger partial charge in [-0.3, -0.25) is 29.0 Å². The maximum Gasteiger partial charge on any atom is 0.254 e. The number of hydrogen-bond donors (Lipinski definition) is 1. The summed E-state index contributed by atoms with van der Waals surface area (Å²) in [5.41, 5.74) is 1.34. The van der Waals surface area contributed by atoms with Crippen LogP contribution >= 0.6 is 39.1 Å². The first-order valence-corrected chi connectivity index (χ1v) is 16.1. The van der Waals surface area contributed by atoms with Gasteiger partial charge in [-0.2, -0.15) is 0 Å². The van der Waals surface area contributed by atoms with Crippen LogP contribution in [0.1, 0.15) is 56.4 Å². The number of phenolic OH excluding ortho intramolecular Hbond substituents is 1. The van der Waals surface area contributed by atoms with Crippen molar-refractivity contribution in [3.05, 3.63) is 53.6 Å².